The Hall–Kier alpha value is -1.03. The minimum Gasteiger partial charge on any atom is -0.462 e. The standard InChI is InChI=1S/C19H27N3O3S3/c1-6-25-16(24)13-11-9-18(2,3)22-19(4,5)14(11)28-15(13)21-12(23)10-27-17-20-7-8-26-17/h22H,6-10H2,1-5H3,(H,21,23). The van der Waals surface area contributed by atoms with Gasteiger partial charge in [-0.1, -0.05) is 23.5 Å². The largest absolute Gasteiger partial charge is 0.462 e. The van der Waals surface area contributed by atoms with Gasteiger partial charge in [0.1, 0.15) is 9.38 Å². The van der Waals surface area contributed by atoms with E-state index in [1.54, 1.807) is 18.7 Å². The lowest BCUT2D eigenvalue weighted by molar-refractivity contribution is -0.113. The van der Waals surface area contributed by atoms with Gasteiger partial charge in [-0.05, 0) is 46.6 Å². The molecule has 9 heteroatoms. The topological polar surface area (TPSA) is 79.8 Å². The van der Waals surface area contributed by atoms with Gasteiger partial charge in [-0.15, -0.1) is 11.3 Å². The first-order valence-corrected chi connectivity index (χ1v) is 12.1. The zero-order valence-electron chi connectivity index (χ0n) is 16.9. The molecule has 2 aliphatic heterocycles. The number of amides is 1. The van der Waals surface area contributed by atoms with E-state index in [1.807, 2.05) is 0 Å². The van der Waals surface area contributed by atoms with Gasteiger partial charge in [0, 0.05) is 21.7 Å². The summed E-state index contributed by atoms with van der Waals surface area (Å²) < 4.78 is 6.28. The minimum absolute atomic E-state index is 0.130. The molecule has 0 bridgehead atoms. The van der Waals surface area contributed by atoms with Crippen LogP contribution in [0.3, 0.4) is 0 Å². The van der Waals surface area contributed by atoms with E-state index in [0.29, 0.717) is 23.6 Å². The molecule has 0 spiro atoms. The third-order valence-corrected chi connectivity index (χ3v) is 8.18. The van der Waals surface area contributed by atoms with E-state index >= 15 is 0 Å². The third kappa shape index (κ3) is 4.75. The van der Waals surface area contributed by atoms with Crippen molar-refractivity contribution in [2.75, 3.05) is 30.0 Å². The summed E-state index contributed by atoms with van der Waals surface area (Å²) in [6, 6.07) is 0. The first-order chi connectivity index (χ1) is 13.1. The Morgan fingerprint density at radius 3 is 2.71 bits per heavy atom. The summed E-state index contributed by atoms with van der Waals surface area (Å²) in [4.78, 5) is 30.7. The highest BCUT2D eigenvalue weighted by Gasteiger charge is 2.42. The summed E-state index contributed by atoms with van der Waals surface area (Å²) >= 11 is 4.60. The summed E-state index contributed by atoms with van der Waals surface area (Å²) in [5.41, 5.74) is 1.04. The molecule has 2 N–H and O–H groups in total. The number of thioether (sulfide) groups is 2. The predicted octanol–water partition coefficient (Wildman–Crippen LogP) is 3.86. The summed E-state index contributed by atoms with van der Waals surface area (Å²) in [5, 5.41) is 7.19. The average Bonchev–Trinajstić information content (AvgIpc) is 3.19. The van der Waals surface area contributed by atoms with Gasteiger partial charge in [-0.3, -0.25) is 9.79 Å². The van der Waals surface area contributed by atoms with E-state index in [1.165, 1.54) is 23.1 Å². The second-order valence-electron chi connectivity index (χ2n) is 7.98. The number of hydrogen-bond donors (Lipinski definition) is 2. The first-order valence-electron chi connectivity index (χ1n) is 9.35. The number of hydrogen-bond acceptors (Lipinski definition) is 8. The molecule has 1 aromatic rings. The zero-order valence-corrected chi connectivity index (χ0v) is 19.4. The molecule has 28 heavy (non-hydrogen) atoms. The quantitative estimate of drug-likeness (QED) is 0.676. The van der Waals surface area contributed by atoms with Crippen LogP contribution in [0.1, 0.15) is 55.4 Å². The van der Waals surface area contributed by atoms with Crippen molar-refractivity contribution in [1.82, 2.24) is 5.32 Å². The van der Waals surface area contributed by atoms with E-state index in [4.69, 9.17) is 4.74 Å². The van der Waals surface area contributed by atoms with Gasteiger partial charge in [-0.25, -0.2) is 4.79 Å². The molecule has 0 fully saturated rings. The van der Waals surface area contributed by atoms with Crippen LogP contribution >= 0.6 is 34.9 Å². The highest BCUT2D eigenvalue weighted by atomic mass is 32.2. The Balaban J connectivity index is 1.88. The number of carbonyl (C=O) groups excluding carboxylic acids is 2. The fourth-order valence-corrected chi connectivity index (χ4v) is 6.82. The van der Waals surface area contributed by atoms with Gasteiger partial charge in [0.15, 0.2) is 0 Å². The lowest BCUT2D eigenvalue weighted by Crippen LogP contribution is -2.55. The highest BCUT2D eigenvalue weighted by molar-refractivity contribution is 8.39. The van der Waals surface area contributed by atoms with Crippen molar-refractivity contribution in [1.29, 1.82) is 0 Å². The van der Waals surface area contributed by atoms with Gasteiger partial charge >= 0.3 is 5.97 Å². The van der Waals surface area contributed by atoms with Crippen LogP contribution in [-0.4, -0.2) is 46.4 Å². The maximum atomic E-state index is 12.8. The van der Waals surface area contributed by atoms with Crippen molar-refractivity contribution in [2.24, 2.45) is 4.99 Å². The van der Waals surface area contributed by atoms with Crippen LogP contribution in [0, 0.1) is 0 Å². The van der Waals surface area contributed by atoms with Crippen molar-refractivity contribution >= 4 is 56.1 Å². The Labute approximate surface area is 178 Å². The molecule has 154 valence electrons. The van der Waals surface area contributed by atoms with Crippen molar-refractivity contribution in [2.45, 2.75) is 52.1 Å². The lowest BCUT2D eigenvalue weighted by Gasteiger charge is -2.42. The smallest absolute Gasteiger partial charge is 0.341 e. The number of ether oxygens (including phenoxy) is 1. The summed E-state index contributed by atoms with van der Waals surface area (Å²) in [7, 11) is 0. The van der Waals surface area contributed by atoms with Crippen LogP contribution in [0.25, 0.3) is 0 Å². The number of fused-ring (bicyclic) bond motifs is 1. The molecule has 3 rings (SSSR count). The molecule has 1 amide bonds. The van der Waals surface area contributed by atoms with Crippen LogP contribution in [-0.2, 0) is 21.5 Å². The normalized spacial score (nSPS) is 19.7. The van der Waals surface area contributed by atoms with E-state index in [-0.39, 0.29) is 28.7 Å². The van der Waals surface area contributed by atoms with E-state index in [9.17, 15) is 9.59 Å². The van der Waals surface area contributed by atoms with Gasteiger partial charge < -0.3 is 15.4 Å². The van der Waals surface area contributed by atoms with Crippen LogP contribution in [0.4, 0.5) is 5.00 Å². The Kier molecular flexibility index (Phi) is 6.48. The fourth-order valence-electron chi connectivity index (χ4n) is 3.73. The monoisotopic (exact) mass is 441 g/mol. The summed E-state index contributed by atoms with van der Waals surface area (Å²) in [5.74, 6) is 0.762. The maximum absolute atomic E-state index is 12.8. The van der Waals surface area contributed by atoms with Crippen molar-refractivity contribution in [3.05, 3.63) is 16.0 Å². The lowest BCUT2D eigenvalue weighted by atomic mass is 9.81. The zero-order chi connectivity index (χ0) is 20.5. The van der Waals surface area contributed by atoms with Crippen molar-refractivity contribution in [3.63, 3.8) is 0 Å². The molecule has 0 saturated carbocycles. The van der Waals surface area contributed by atoms with E-state index < -0.39 is 0 Å². The number of nitrogens with zero attached hydrogens (tertiary/aromatic N) is 1. The number of rotatable bonds is 5. The van der Waals surface area contributed by atoms with Gasteiger partial charge in [0.05, 0.1) is 24.5 Å². The highest BCUT2D eigenvalue weighted by Crippen LogP contribution is 2.45. The predicted molar refractivity (Wildman–Crippen MR) is 120 cm³/mol. The Morgan fingerprint density at radius 2 is 2.07 bits per heavy atom. The fraction of sp³-hybridized carbons (Fsp3) is 0.632. The van der Waals surface area contributed by atoms with Crippen molar-refractivity contribution in [3.8, 4) is 0 Å². The number of nitrogens with one attached hydrogen (secondary N) is 2. The molecular weight excluding hydrogens is 414 g/mol. The number of esters is 1. The molecule has 1 aromatic heterocycles. The van der Waals surface area contributed by atoms with Gasteiger partial charge in [-0.2, -0.15) is 0 Å². The Bertz CT molecular complexity index is 815. The molecule has 0 atom stereocenters. The van der Waals surface area contributed by atoms with Gasteiger partial charge in [0.25, 0.3) is 0 Å². The molecule has 2 aliphatic rings. The van der Waals surface area contributed by atoms with Crippen LogP contribution < -0.4 is 10.6 Å². The molecule has 0 radical (unpaired) electrons. The summed E-state index contributed by atoms with van der Waals surface area (Å²) in [6.07, 6.45) is 0.703. The SMILES string of the molecule is CCOC(=O)c1c(NC(=O)CSC2=NCCS2)sc2c1CC(C)(C)NC2(C)C. The van der Waals surface area contributed by atoms with Crippen LogP contribution in [0.5, 0.6) is 0 Å². The van der Waals surface area contributed by atoms with E-state index in [2.05, 4.69) is 43.3 Å². The minimum atomic E-state index is -0.368. The molecule has 6 nitrogen and oxygen atoms in total. The number of carbonyl (C=O) groups is 2. The average molecular weight is 442 g/mol. The molecule has 0 aromatic carbocycles. The molecule has 3 heterocycles. The first kappa shape index (κ1) is 21.7. The summed E-state index contributed by atoms with van der Waals surface area (Å²) in [6.45, 7) is 11.4. The van der Waals surface area contributed by atoms with Crippen LogP contribution in [0.2, 0.25) is 0 Å². The molecular formula is C19H27N3O3S3. The Morgan fingerprint density at radius 1 is 1.32 bits per heavy atom. The van der Waals surface area contributed by atoms with E-state index in [0.717, 1.165) is 27.1 Å². The maximum Gasteiger partial charge on any atom is 0.341 e. The number of anilines is 1. The third-order valence-electron chi connectivity index (χ3n) is 4.46. The second kappa shape index (κ2) is 8.38. The van der Waals surface area contributed by atoms with Crippen molar-refractivity contribution < 1.29 is 14.3 Å². The van der Waals surface area contributed by atoms with Crippen LogP contribution in [0.15, 0.2) is 4.99 Å². The molecule has 0 saturated heterocycles. The number of thiophene rings is 1. The molecule has 0 unspecified atom stereocenters. The van der Waals surface area contributed by atoms with Gasteiger partial charge in [0.2, 0.25) is 5.91 Å². The molecule has 0 aliphatic carbocycles. The number of aliphatic imine (C=N–C) groups is 1. The second-order valence-corrected chi connectivity index (χ2v) is 11.3.